The minimum atomic E-state index is -1.99. The smallest absolute Gasteiger partial charge is 0.248 e. The summed E-state index contributed by atoms with van der Waals surface area (Å²) in [7, 11) is 2.68. The van der Waals surface area contributed by atoms with Crippen LogP contribution in [0.1, 0.15) is 41.7 Å². The minimum Gasteiger partial charge on any atom is -0.507 e. The number of phenols is 1. The number of Topliss-reactive ketones (excluding diaryl/α,β-unsaturated/α-hetero) is 2. The molecule has 0 spiro atoms. The van der Waals surface area contributed by atoms with Gasteiger partial charge in [-0.15, -0.1) is 0 Å². The van der Waals surface area contributed by atoms with E-state index in [1.165, 1.54) is 20.3 Å². The number of nitro groups is 1. The molecular formula is C22H23NO9. The van der Waals surface area contributed by atoms with Crippen LogP contribution < -0.4 is 9.47 Å². The number of hydrogen-bond donors (Lipinski definition) is 3. The predicted octanol–water partition coefficient (Wildman–Crippen LogP) is 1.78. The predicted molar refractivity (Wildman–Crippen MR) is 111 cm³/mol. The van der Waals surface area contributed by atoms with Crippen molar-refractivity contribution in [2.75, 3.05) is 14.2 Å². The summed E-state index contributed by atoms with van der Waals surface area (Å²) in [6.45, 7) is 1.14. The van der Waals surface area contributed by atoms with Crippen molar-refractivity contribution in [1.82, 2.24) is 0 Å². The average molecular weight is 445 g/mol. The number of benzene rings is 2. The summed E-state index contributed by atoms with van der Waals surface area (Å²) in [5.74, 6) is -3.99. The maximum absolute atomic E-state index is 13.6. The second-order valence-electron chi connectivity index (χ2n) is 8.40. The molecule has 0 aromatic heterocycles. The molecule has 0 aliphatic heterocycles. The molecule has 0 heterocycles. The summed E-state index contributed by atoms with van der Waals surface area (Å²) in [6, 6.07) is 3.09. The summed E-state index contributed by atoms with van der Waals surface area (Å²) >= 11 is 0. The number of ether oxygens (including phenoxy) is 2. The van der Waals surface area contributed by atoms with Gasteiger partial charge in [0.05, 0.1) is 42.8 Å². The summed E-state index contributed by atoms with van der Waals surface area (Å²) in [4.78, 5) is 37.2. The van der Waals surface area contributed by atoms with E-state index in [1.54, 1.807) is 12.1 Å². The molecule has 2 aromatic rings. The highest BCUT2D eigenvalue weighted by Gasteiger charge is 2.60. The number of methoxy groups -OCH3 is 2. The lowest BCUT2D eigenvalue weighted by atomic mass is 9.59. The molecular weight excluding hydrogens is 422 g/mol. The van der Waals surface area contributed by atoms with Crippen LogP contribution in [-0.2, 0) is 4.79 Å². The largest absolute Gasteiger partial charge is 0.507 e. The molecule has 2 aliphatic carbocycles. The third kappa shape index (κ3) is 2.86. The number of rotatable bonds is 4. The maximum Gasteiger partial charge on any atom is 0.248 e. The van der Waals surface area contributed by atoms with E-state index in [0.29, 0.717) is 0 Å². The fourth-order valence-electron chi connectivity index (χ4n) is 5.33. The molecule has 10 nitrogen and oxygen atoms in total. The van der Waals surface area contributed by atoms with Crippen molar-refractivity contribution >= 4 is 22.3 Å². The molecule has 1 fully saturated rings. The van der Waals surface area contributed by atoms with Gasteiger partial charge in [-0.25, -0.2) is 0 Å². The van der Waals surface area contributed by atoms with E-state index < -0.39 is 58.2 Å². The van der Waals surface area contributed by atoms with Crippen molar-refractivity contribution in [3.05, 3.63) is 39.4 Å². The number of nitrogens with zero attached hydrogens (tertiary/aromatic N) is 1. The monoisotopic (exact) mass is 445 g/mol. The topological polar surface area (TPSA) is 156 Å². The number of phenolic OH excluding ortho intramolecular Hbond substituents is 1. The molecule has 3 unspecified atom stereocenters. The first-order chi connectivity index (χ1) is 15.1. The molecule has 5 atom stereocenters. The van der Waals surface area contributed by atoms with E-state index in [2.05, 4.69) is 0 Å². The van der Waals surface area contributed by atoms with Gasteiger partial charge in [-0.3, -0.25) is 19.7 Å². The van der Waals surface area contributed by atoms with Gasteiger partial charge in [0.15, 0.2) is 11.6 Å². The van der Waals surface area contributed by atoms with Gasteiger partial charge in [0.1, 0.15) is 22.8 Å². The molecule has 2 aromatic carbocycles. The molecule has 10 heteroatoms. The van der Waals surface area contributed by atoms with Crippen molar-refractivity contribution in [1.29, 1.82) is 0 Å². The first-order valence-electron chi connectivity index (χ1n) is 10.1. The highest BCUT2D eigenvalue weighted by Crippen LogP contribution is 2.56. The number of aliphatic hydroxyl groups is 2. The zero-order valence-corrected chi connectivity index (χ0v) is 17.7. The van der Waals surface area contributed by atoms with Crippen LogP contribution in [0.4, 0.5) is 0 Å². The van der Waals surface area contributed by atoms with E-state index in [1.807, 2.05) is 0 Å². The van der Waals surface area contributed by atoms with Crippen LogP contribution in [0.2, 0.25) is 0 Å². The fraction of sp³-hybridized carbons (Fsp3) is 0.455. The number of fused-ring (bicyclic) bond motifs is 3. The van der Waals surface area contributed by atoms with Crippen LogP contribution in [0, 0.1) is 22.0 Å². The second-order valence-corrected chi connectivity index (χ2v) is 8.40. The third-order valence-corrected chi connectivity index (χ3v) is 6.82. The fourth-order valence-corrected chi connectivity index (χ4v) is 5.33. The van der Waals surface area contributed by atoms with Crippen molar-refractivity contribution in [2.24, 2.45) is 11.8 Å². The second kappa shape index (κ2) is 7.42. The van der Waals surface area contributed by atoms with E-state index in [0.717, 1.165) is 6.92 Å². The normalized spacial score (nSPS) is 29.2. The lowest BCUT2D eigenvalue weighted by Gasteiger charge is -2.45. The van der Waals surface area contributed by atoms with Gasteiger partial charge in [0.25, 0.3) is 0 Å². The minimum absolute atomic E-state index is 0.00152. The zero-order chi connectivity index (χ0) is 23.5. The first kappa shape index (κ1) is 22.0. The quantitative estimate of drug-likeness (QED) is 0.471. The van der Waals surface area contributed by atoms with Crippen LogP contribution in [0.25, 0.3) is 10.8 Å². The summed E-state index contributed by atoms with van der Waals surface area (Å²) in [5, 5.41) is 45.3. The molecule has 0 saturated heterocycles. The molecule has 170 valence electrons. The standard InChI is InChI=1S/C22H23NO9/c1-9(24)22(28)7-11-14(12(25)8-22)18(23(29)30)16-17(20(11)27)19(26)10-5-4-6-13(31-2)15(10)21(16)32-3/h4-6,11-12,14,18,25-26,28H,7-8H2,1-3H3/t11?,12-,14?,18?,22-/m0/s1. The Labute approximate surface area is 182 Å². The summed E-state index contributed by atoms with van der Waals surface area (Å²) in [6.07, 6.45) is -2.32. The van der Waals surface area contributed by atoms with Crippen molar-refractivity contribution < 1.29 is 39.3 Å². The molecule has 0 amide bonds. The first-order valence-corrected chi connectivity index (χ1v) is 10.1. The van der Waals surface area contributed by atoms with Crippen LogP contribution in [0.15, 0.2) is 18.2 Å². The Morgan fingerprint density at radius 2 is 1.94 bits per heavy atom. The van der Waals surface area contributed by atoms with E-state index in [4.69, 9.17) is 9.47 Å². The van der Waals surface area contributed by atoms with Crippen LogP contribution >= 0.6 is 0 Å². The van der Waals surface area contributed by atoms with Crippen LogP contribution in [0.5, 0.6) is 17.2 Å². The number of carbonyl (C=O) groups excluding carboxylic acids is 2. The summed E-state index contributed by atoms with van der Waals surface area (Å²) in [5.41, 5.74) is -2.44. The van der Waals surface area contributed by atoms with E-state index >= 15 is 0 Å². The molecule has 0 bridgehead atoms. The summed E-state index contributed by atoms with van der Waals surface area (Å²) < 4.78 is 10.9. The molecule has 4 rings (SSSR count). The molecule has 32 heavy (non-hydrogen) atoms. The number of hydrogen-bond acceptors (Lipinski definition) is 9. The average Bonchev–Trinajstić information content (AvgIpc) is 2.74. The Hall–Kier alpha value is -3.24. The van der Waals surface area contributed by atoms with Crippen molar-refractivity contribution in [3.63, 3.8) is 0 Å². The highest BCUT2D eigenvalue weighted by molar-refractivity contribution is 6.12. The lowest BCUT2D eigenvalue weighted by molar-refractivity contribution is -0.545. The Kier molecular flexibility index (Phi) is 5.09. The van der Waals surface area contributed by atoms with E-state index in [-0.39, 0.29) is 39.8 Å². The third-order valence-electron chi connectivity index (χ3n) is 6.82. The number of aliphatic hydroxyl groups excluding tert-OH is 1. The van der Waals surface area contributed by atoms with Gasteiger partial charge in [0.2, 0.25) is 6.04 Å². The number of ketones is 2. The number of aromatic hydroxyl groups is 1. The Morgan fingerprint density at radius 3 is 2.50 bits per heavy atom. The molecule has 2 aliphatic rings. The van der Waals surface area contributed by atoms with Gasteiger partial charge in [0, 0.05) is 22.6 Å². The van der Waals surface area contributed by atoms with Gasteiger partial charge < -0.3 is 24.8 Å². The SMILES string of the molecule is COc1cccc2c(O)c3c(c(OC)c12)C([N+](=O)[O-])C1C(C[C@@](O)(C(C)=O)C[C@@H]1O)C3=O. The Morgan fingerprint density at radius 1 is 1.25 bits per heavy atom. The Bertz CT molecular complexity index is 1160. The molecule has 3 N–H and O–H groups in total. The molecule has 1 saturated carbocycles. The maximum atomic E-state index is 13.6. The van der Waals surface area contributed by atoms with Gasteiger partial charge in [-0.1, -0.05) is 12.1 Å². The van der Waals surface area contributed by atoms with Gasteiger partial charge in [-0.05, 0) is 19.4 Å². The lowest BCUT2D eigenvalue weighted by Crippen LogP contribution is -2.56. The Balaban J connectivity index is 2.09. The van der Waals surface area contributed by atoms with Crippen LogP contribution in [0.3, 0.4) is 0 Å². The zero-order valence-electron chi connectivity index (χ0n) is 17.7. The van der Waals surface area contributed by atoms with Crippen LogP contribution in [-0.4, -0.2) is 57.7 Å². The van der Waals surface area contributed by atoms with Crippen molar-refractivity contribution in [2.45, 2.75) is 37.5 Å². The molecule has 0 radical (unpaired) electrons. The van der Waals surface area contributed by atoms with Gasteiger partial charge in [-0.2, -0.15) is 0 Å². The van der Waals surface area contributed by atoms with Gasteiger partial charge >= 0.3 is 0 Å². The van der Waals surface area contributed by atoms with E-state index in [9.17, 15) is 35.0 Å². The highest BCUT2D eigenvalue weighted by atomic mass is 16.6. The number of carbonyl (C=O) groups is 2. The van der Waals surface area contributed by atoms with Crippen molar-refractivity contribution in [3.8, 4) is 17.2 Å².